The summed E-state index contributed by atoms with van der Waals surface area (Å²) in [6, 6.07) is 20.1. The quantitative estimate of drug-likeness (QED) is 0.574. The Kier molecular flexibility index (Phi) is 6.74. The third kappa shape index (κ3) is 5.28. The molecule has 7 heteroatoms. The maximum atomic E-state index is 12.9. The van der Waals surface area contributed by atoms with Gasteiger partial charge in [0.15, 0.2) is 0 Å². The van der Waals surface area contributed by atoms with Crippen molar-refractivity contribution in [3.05, 3.63) is 95.8 Å². The van der Waals surface area contributed by atoms with Gasteiger partial charge in [-0.15, -0.1) is 0 Å². The molecule has 0 amide bonds. The lowest BCUT2D eigenvalue weighted by molar-refractivity contribution is 0.0524. The zero-order valence-corrected chi connectivity index (χ0v) is 16.8. The topological polar surface area (TPSA) is 85.4 Å². The molecule has 0 aliphatic rings. The predicted molar refractivity (Wildman–Crippen MR) is 110 cm³/mol. The van der Waals surface area contributed by atoms with Crippen molar-refractivity contribution in [2.45, 2.75) is 24.3 Å². The van der Waals surface area contributed by atoms with Crippen molar-refractivity contribution >= 4 is 16.0 Å². The highest BCUT2D eigenvalue weighted by molar-refractivity contribution is 7.89. The molecule has 29 heavy (non-hydrogen) atoms. The number of nitrogens with one attached hydrogen (secondary N) is 1. The molecule has 3 aromatic rings. The molecule has 0 radical (unpaired) electrons. The van der Waals surface area contributed by atoms with E-state index < -0.39 is 22.0 Å². The molecule has 6 nitrogen and oxygen atoms in total. The van der Waals surface area contributed by atoms with E-state index in [1.807, 2.05) is 30.3 Å². The summed E-state index contributed by atoms with van der Waals surface area (Å²) in [4.78, 5) is 16.8. The molecule has 0 aliphatic carbocycles. The summed E-state index contributed by atoms with van der Waals surface area (Å²) in [5, 5.41) is 0. The van der Waals surface area contributed by atoms with E-state index in [-0.39, 0.29) is 17.9 Å². The molecule has 0 unspecified atom stereocenters. The Morgan fingerprint density at radius 3 is 2.31 bits per heavy atom. The normalized spacial score (nSPS) is 12.3. The number of hydrogen-bond donors (Lipinski definition) is 1. The molecule has 3 rings (SSSR count). The van der Waals surface area contributed by atoms with Gasteiger partial charge in [-0.3, -0.25) is 4.98 Å². The Bertz CT molecular complexity index is 1050. The molecule has 0 fully saturated rings. The van der Waals surface area contributed by atoms with Gasteiger partial charge >= 0.3 is 5.97 Å². The van der Waals surface area contributed by atoms with Gasteiger partial charge in [0.2, 0.25) is 10.0 Å². The zero-order chi connectivity index (χ0) is 20.7. The molecular formula is C22H22N2O4S. The minimum absolute atomic E-state index is 0.174. The van der Waals surface area contributed by atoms with Crippen molar-refractivity contribution in [3.8, 4) is 0 Å². The Morgan fingerprint density at radius 2 is 1.66 bits per heavy atom. The molecule has 1 atom stereocenters. The van der Waals surface area contributed by atoms with Gasteiger partial charge in [0.05, 0.1) is 28.8 Å². The average molecular weight is 410 g/mol. The number of nitrogens with zero attached hydrogens (tertiary/aromatic N) is 1. The van der Waals surface area contributed by atoms with Crippen molar-refractivity contribution < 1.29 is 17.9 Å². The van der Waals surface area contributed by atoms with Crippen LogP contribution in [0.25, 0.3) is 0 Å². The fourth-order valence-corrected chi connectivity index (χ4v) is 4.20. The van der Waals surface area contributed by atoms with E-state index in [0.717, 1.165) is 5.56 Å². The van der Waals surface area contributed by atoms with Crippen LogP contribution in [-0.2, 0) is 21.2 Å². The molecule has 150 valence electrons. The number of esters is 1. The van der Waals surface area contributed by atoms with Gasteiger partial charge in [-0.25, -0.2) is 17.9 Å². The van der Waals surface area contributed by atoms with Crippen molar-refractivity contribution in [2.24, 2.45) is 0 Å². The maximum Gasteiger partial charge on any atom is 0.339 e. The number of sulfonamides is 1. The Morgan fingerprint density at radius 1 is 1.00 bits per heavy atom. The van der Waals surface area contributed by atoms with E-state index in [0.29, 0.717) is 11.3 Å². The Balaban J connectivity index is 1.96. The van der Waals surface area contributed by atoms with Gasteiger partial charge < -0.3 is 4.74 Å². The smallest absolute Gasteiger partial charge is 0.339 e. The Hall–Kier alpha value is -3.03. The average Bonchev–Trinajstić information content (AvgIpc) is 2.75. The lowest BCUT2D eigenvalue weighted by Gasteiger charge is -2.20. The first kappa shape index (κ1) is 20.7. The van der Waals surface area contributed by atoms with Crippen molar-refractivity contribution in [1.29, 1.82) is 0 Å². The van der Waals surface area contributed by atoms with Crippen LogP contribution >= 0.6 is 0 Å². The first-order valence-electron chi connectivity index (χ1n) is 9.24. The highest BCUT2D eigenvalue weighted by Crippen LogP contribution is 2.23. The molecule has 0 aliphatic heterocycles. The number of pyridine rings is 1. The maximum absolute atomic E-state index is 12.9. The number of ether oxygens (including phenoxy) is 1. The van der Waals surface area contributed by atoms with Crippen LogP contribution in [0.2, 0.25) is 0 Å². The minimum Gasteiger partial charge on any atom is -0.462 e. The highest BCUT2D eigenvalue weighted by atomic mass is 32.2. The minimum atomic E-state index is -3.77. The molecular weight excluding hydrogens is 388 g/mol. The lowest BCUT2D eigenvalue weighted by Crippen LogP contribution is -2.30. The summed E-state index contributed by atoms with van der Waals surface area (Å²) in [5.74, 6) is -0.478. The second-order valence-electron chi connectivity index (χ2n) is 6.32. The summed E-state index contributed by atoms with van der Waals surface area (Å²) in [6.07, 6.45) is 1.77. The van der Waals surface area contributed by atoms with Gasteiger partial charge in [-0.1, -0.05) is 48.5 Å². The number of carbonyl (C=O) groups excluding carboxylic acids is 1. The highest BCUT2D eigenvalue weighted by Gasteiger charge is 2.24. The van der Waals surface area contributed by atoms with Gasteiger partial charge in [0.25, 0.3) is 0 Å². The number of benzene rings is 2. The fourth-order valence-electron chi connectivity index (χ4n) is 2.96. The SMILES string of the molecule is CCOC(=O)c1cccnc1C[C@H](NS(=O)(=O)c1ccccc1)c1ccccc1. The van der Waals surface area contributed by atoms with Gasteiger partial charge in [0.1, 0.15) is 0 Å². The Labute approximate surface area is 170 Å². The van der Waals surface area contributed by atoms with Crippen LogP contribution in [0.1, 0.15) is 34.6 Å². The number of carbonyl (C=O) groups is 1. The number of rotatable bonds is 8. The summed E-state index contributed by atoms with van der Waals surface area (Å²) < 4.78 is 33.7. The summed E-state index contributed by atoms with van der Waals surface area (Å²) in [6.45, 7) is 1.98. The van der Waals surface area contributed by atoms with Crippen LogP contribution in [0.3, 0.4) is 0 Å². The number of aromatic nitrogens is 1. The van der Waals surface area contributed by atoms with Crippen molar-refractivity contribution in [2.75, 3.05) is 6.61 Å². The third-order valence-electron chi connectivity index (χ3n) is 4.34. The van der Waals surface area contributed by atoms with E-state index >= 15 is 0 Å². The summed E-state index contributed by atoms with van der Waals surface area (Å²) in [5.41, 5.74) is 1.57. The van der Waals surface area contributed by atoms with E-state index in [1.165, 1.54) is 12.1 Å². The lowest BCUT2D eigenvalue weighted by atomic mass is 10.0. The second kappa shape index (κ2) is 9.45. The first-order valence-corrected chi connectivity index (χ1v) is 10.7. The second-order valence-corrected chi connectivity index (χ2v) is 8.03. The standard InChI is InChI=1S/C22H22N2O4S/c1-2-28-22(25)19-14-9-15-23-21(19)16-20(17-10-5-3-6-11-17)24-29(26,27)18-12-7-4-8-13-18/h3-15,20,24H,2,16H2,1H3/t20-/m0/s1. The zero-order valence-electron chi connectivity index (χ0n) is 16.0. The predicted octanol–water partition coefficient (Wildman–Crippen LogP) is 3.52. The molecule has 2 aromatic carbocycles. The monoisotopic (exact) mass is 410 g/mol. The summed E-state index contributed by atoms with van der Waals surface area (Å²) >= 11 is 0. The molecule has 1 N–H and O–H groups in total. The molecule has 0 saturated carbocycles. The van der Waals surface area contributed by atoms with E-state index in [2.05, 4.69) is 9.71 Å². The van der Waals surface area contributed by atoms with Gasteiger partial charge in [-0.2, -0.15) is 0 Å². The first-order chi connectivity index (χ1) is 14.0. The van der Waals surface area contributed by atoms with E-state index in [9.17, 15) is 13.2 Å². The fraction of sp³-hybridized carbons (Fsp3) is 0.182. The summed E-state index contributed by atoms with van der Waals surface area (Å²) in [7, 11) is -3.77. The van der Waals surface area contributed by atoms with E-state index in [4.69, 9.17) is 4.74 Å². The van der Waals surface area contributed by atoms with Crippen LogP contribution in [0.15, 0.2) is 83.9 Å². The van der Waals surface area contributed by atoms with Crippen molar-refractivity contribution in [1.82, 2.24) is 9.71 Å². The third-order valence-corrected chi connectivity index (χ3v) is 5.82. The van der Waals surface area contributed by atoms with Gasteiger partial charge in [-0.05, 0) is 36.8 Å². The van der Waals surface area contributed by atoms with Crippen LogP contribution in [-0.4, -0.2) is 26.0 Å². The molecule has 0 spiro atoms. The van der Waals surface area contributed by atoms with Gasteiger partial charge in [0, 0.05) is 12.6 Å². The van der Waals surface area contributed by atoms with Crippen molar-refractivity contribution in [3.63, 3.8) is 0 Å². The largest absolute Gasteiger partial charge is 0.462 e. The van der Waals surface area contributed by atoms with Crippen LogP contribution in [0.4, 0.5) is 0 Å². The molecule has 0 saturated heterocycles. The molecule has 1 aromatic heterocycles. The van der Waals surface area contributed by atoms with E-state index in [1.54, 1.807) is 43.5 Å². The van der Waals surface area contributed by atoms with Crippen LogP contribution in [0, 0.1) is 0 Å². The number of hydrogen-bond acceptors (Lipinski definition) is 5. The molecule has 1 heterocycles. The van der Waals surface area contributed by atoms with Crippen LogP contribution < -0.4 is 4.72 Å². The molecule has 0 bridgehead atoms. The van der Waals surface area contributed by atoms with Crippen LogP contribution in [0.5, 0.6) is 0 Å².